The molecule has 0 unspecified atom stereocenters. The molecule has 0 fully saturated rings. The van der Waals surface area contributed by atoms with E-state index in [-0.39, 0.29) is 5.69 Å². The summed E-state index contributed by atoms with van der Waals surface area (Å²) < 4.78 is 1.89. The zero-order chi connectivity index (χ0) is 15.5. The van der Waals surface area contributed by atoms with Gasteiger partial charge in [0.05, 0.1) is 16.0 Å². The Morgan fingerprint density at radius 1 is 1.36 bits per heavy atom. The minimum absolute atomic E-state index is 0.0383. The lowest BCUT2D eigenvalue weighted by Gasteiger charge is -1.98. The van der Waals surface area contributed by atoms with Crippen molar-refractivity contribution in [1.29, 1.82) is 0 Å². The Morgan fingerprint density at radius 2 is 2.14 bits per heavy atom. The molecule has 0 amide bonds. The predicted molar refractivity (Wildman–Crippen MR) is 86.8 cm³/mol. The first-order valence-electron chi connectivity index (χ1n) is 6.15. The molecule has 110 valence electrons. The summed E-state index contributed by atoms with van der Waals surface area (Å²) in [6, 6.07) is 9.94. The number of non-ortho nitro benzene ring substituents is 1. The van der Waals surface area contributed by atoms with Gasteiger partial charge in [-0.05, 0) is 41.4 Å². The topological polar surface area (TPSA) is 89.1 Å². The van der Waals surface area contributed by atoms with Crippen LogP contribution in [-0.2, 0) is 0 Å². The van der Waals surface area contributed by atoms with Crippen LogP contribution in [0.1, 0.15) is 5.56 Å². The van der Waals surface area contributed by atoms with Crippen LogP contribution in [0.5, 0.6) is 0 Å². The Bertz CT molecular complexity index is 878. The molecule has 0 saturated carbocycles. The maximum Gasteiger partial charge on any atom is 0.269 e. The second kappa shape index (κ2) is 6.00. The highest BCUT2D eigenvalue weighted by atomic mass is 32.1. The van der Waals surface area contributed by atoms with Gasteiger partial charge in [0, 0.05) is 12.1 Å². The van der Waals surface area contributed by atoms with E-state index < -0.39 is 4.92 Å². The van der Waals surface area contributed by atoms with Gasteiger partial charge in [-0.15, -0.1) is 11.3 Å². The molecule has 0 atom stereocenters. The standard InChI is InChI=1S/C13H9N5O2S2/c19-18(20)10-5-3-9(4-6-10)8-14-17-12(15-16-13(17)21)11-2-1-7-22-11/h1-8H,(H,16,21)/b14-8+. The number of rotatable bonds is 4. The van der Waals surface area contributed by atoms with Crippen LogP contribution in [0.2, 0.25) is 0 Å². The van der Waals surface area contributed by atoms with Crippen molar-refractivity contribution >= 4 is 35.5 Å². The van der Waals surface area contributed by atoms with E-state index in [9.17, 15) is 10.1 Å². The summed E-state index contributed by atoms with van der Waals surface area (Å²) in [7, 11) is 0. The third-order valence-electron chi connectivity index (χ3n) is 2.82. The van der Waals surface area contributed by atoms with Gasteiger partial charge in [0.1, 0.15) is 0 Å². The number of aromatic amines is 1. The SMILES string of the molecule is O=[N+]([O-])c1ccc(/C=N/n2c(-c3cccs3)n[nH]c2=S)cc1. The molecule has 7 nitrogen and oxygen atoms in total. The lowest BCUT2D eigenvalue weighted by molar-refractivity contribution is -0.384. The number of thiophene rings is 1. The summed E-state index contributed by atoms with van der Waals surface area (Å²) in [6.07, 6.45) is 1.58. The highest BCUT2D eigenvalue weighted by Crippen LogP contribution is 2.22. The first kappa shape index (κ1) is 14.3. The smallest absolute Gasteiger partial charge is 0.258 e. The molecule has 22 heavy (non-hydrogen) atoms. The van der Waals surface area contributed by atoms with Crippen molar-refractivity contribution in [3.63, 3.8) is 0 Å². The van der Waals surface area contributed by atoms with E-state index >= 15 is 0 Å². The highest BCUT2D eigenvalue weighted by Gasteiger charge is 2.08. The van der Waals surface area contributed by atoms with Crippen molar-refractivity contribution in [2.45, 2.75) is 0 Å². The summed E-state index contributed by atoms with van der Waals surface area (Å²) in [5.74, 6) is 0.623. The highest BCUT2D eigenvalue weighted by molar-refractivity contribution is 7.71. The van der Waals surface area contributed by atoms with Crippen LogP contribution in [0.15, 0.2) is 46.9 Å². The van der Waals surface area contributed by atoms with E-state index in [1.165, 1.54) is 28.1 Å². The fraction of sp³-hybridized carbons (Fsp3) is 0. The lowest BCUT2D eigenvalue weighted by atomic mass is 10.2. The molecule has 0 bridgehead atoms. The third-order valence-corrected chi connectivity index (χ3v) is 3.95. The van der Waals surface area contributed by atoms with E-state index in [1.54, 1.807) is 18.3 Å². The molecule has 0 radical (unpaired) electrons. The normalized spacial score (nSPS) is 11.1. The third kappa shape index (κ3) is 2.85. The van der Waals surface area contributed by atoms with Gasteiger partial charge in [0.2, 0.25) is 4.77 Å². The maximum absolute atomic E-state index is 10.6. The largest absolute Gasteiger partial charge is 0.269 e. The zero-order valence-corrected chi connectivity index (χ0v) is 12.7. The van der Waals surface area contributed by atoms with E-state index in [4.69, 9.17) is 12.2 Å². The van der Waals surface area contributed by atoms with E-state index in [1.807, 2.05) is 17.5 Å². The van der Waals surface area contributed by atoms with Gasteiger partial charge < -0.3 is 0 Å². The summed E-state index contributed by atoms with van der Waals surface area (Å²) in [6.45, 7) is 0. The van der Waals surface area contributed by atoms with E-state index in [0.29, 0.717) is 10.6 Å². The fourth-order valence-electron chi connectivity index (χ4n) is 1.77. The molecule has 0 aliphatic heterocycles. The van der Waals surface area contributed by atoms with E-state index in [0.717, 1.165) is 10.4 Å². The predicted octanol–water partition coefficient (Wildman–Crippen LogP) is 3.46. The molecule has 0 aliphatic rings. The molecule has 9 heteroatoms. The minimum Gasteiger partial charge on any atom is -0.258 e. The molecule has 0 spiro atoms. The fourth-order valence-corrected chi connectivity index (χ4v) is 2.65. The van der Waals surface area contributed by atoms with Crippen LogP contribution >= 0.6 is 23.6 Å². The molecule has 3 aromatic rings. The Balaban J connectivity index is 1.91. The quantitative estimate of drug-likeness (QED) is 0.343. The number of hydrogen-bond donors (Lipinski definition) is 1. The monoisotopic (exact) mass is 331 g/mol. The van der Waals surface area contributed by atoms with Gasteiger partial charge >= 0.3 is 0 Å². The first-order chi connectivity index (χ1) is 10.6. The number of H-pyrrole nitrogens is 1. The number of nitro benzene ring substituents is 1. The summed E-state index contributed by atoms with van der Waals surface area (Å²) >= 11 is 6.70. The lowest BCUT2D eigenvalue weighted by Crippen LogP contribution is -1.94. The van der Waals surface area contributed by atoms with Gasteiger partial charge in [-0.1, -0.05) is 6.07 Å². The molecule has 2 aromatic heterocycles. The molecule has 1 aromatic carbocycles. The Hall–Kier alpha value is -2.65. The van der Waals surface area contributed by atoms with Gasteiger partial charge in [-0.2, -0.15) is 14.9 Å². The Labute approximate surface area is 133 Å². The number of hydrogen-bond acceptors (Lipinski definition) is 6. The van der Waals surface area contributed by atoms with E-state index in [2.05, 4.69) is 15.3 Å². The number of benzene rings is 1. The number of nitrogens with one attached hydrogen (secondary N) is 1. The summed E-state index contributed by atoms with van der Waals surface area (Å²) in [5, 5.41) is 23.7. The van der Waals surface area contributed by atoms with Crippen LogP contribution in [0.3, 0.4) is 0 Å². The average Bonchev–Trinajstić information content (AvgIpc) is 3.15. The van der Waals surface area contributed by atoms with Crippen LogP contribution < -0.4 is 0 Å². The molecule has 0 saturated heterocycles. The molecule has 1 N–H and O–H groups in total. The number of nitrogens with zero attached hydrogens (tertiary/aromatic N) is 4. The Morgan fingerprint density at radius 3 is 2.77 bits per heavy atom. The van der Waals surface area contributed by atoms with Crippen molar-refractivity contribution in [2.75, 3.05) is 0 Å². The Kier molecular flexibility index (Phi) is 3.90. The van der Waals surface area contributed by atoms with Crippen LogP contribution in [0, 0.1) is 14.9 Å². The molecular weight excluding hydrogens is 322 g/mol. The molecule has 2 heterocycles. The minimum atomic E-state index is -0.442. The number of aromatic nitrogens is 3. The maximum atomic E-state index is 10.6. The van der Waals surface area contributed by atoms with Crippen molar-refractivity contribution in [3.8, 4) is 10.7 Å². The average molecular weight is 331 g/mol. The van der Waals surface area contributed by atoms with Gasteiger partial charge in [0.25, 0.3) is 5.69 Å². The zero-order valence-electron chi connectivity index (χ0n) is 11.0. The van der Waals surface area contributed by atoms with Crippen molar-refractivity contribution in [1.82, 2.24) is 14.9 Å². The van der Waals surface area contributed by atoms with Crippen molar-refractivity contribution in [3.05, 3.63) is 62.2 Å². The number of nitro groups is 1. The molecular formula is C13H9N5O2S2. The summed E-state index contributed by atoms with van der Waals surface area (Å²) in [4.78, 5) is 11.1. The second-order valence-electron chi connectivity index (χ2n) is 4.23. The van der Waals surface area contributed by atoms with Crippen LogP contribution in [-0.4, -0.2) is 26.0 Å². The summed E-state index contributed by atoms with van der Waals surface area (Å²) in [5.41, 5.74) is 0.766. The van der Waals surface area contributed by atoms with Gasteiger partial charge in [-0.25, -0.2) is 5.10 Å². The second-order valence-corrected chi connectivity index (χ2v) is 5.57. The van der Waals surface area contributed by atoms with Crippen LogP contribution in [0.25, 0.3) is 10.7 Å². The van der Waals surface area contributed by atoms with Gasteiger partial charge in [0.15, 0.2) is 5.82 Å². The first-order valence-corrected chi connectivity index (χ1v) is 7.44. The van der Waals surface area contributed by atoms with Crippen molar-refractivity contribution < 1.29 is 4.92 Å². The van der Waals surface area contributed by atoms with Gasteiger partial charge in [-0.3, -0.25) is 10.1 Å². The molecule has 0 aliphatic carbocycles. The van der Waals surface area contributed by atoms with Crippen LogP contribution in [0.4, 0.5) is 5.69 Å². The van der Waals surface area contributed by atoms with Crippen molar-refractivity contribution in [2.24, 2.45) is 5.10 Å². The molecule has 3 rings (SSSR count).